The summed E-state index contributed by atoms with van der Waals surface area (Å²) in [5.74, 6) is -1.18. The Morgan fingerprint density at radius 2 is 2.00 bits per heavy atom. The van der Waals surface area contributed by atoms with Crippen LogP contribution in [0.4, 0.5) is 0 Å². The van der Waals surface area contributed by atoms with Crippen molar-refractivity contribution in [1.29, 1.82) is 0 Å². The number of carboxylic acid groups (broad SMARTS) is 1. The molecule has 1 atom stereocenters. The van der Waals surface area contributed by atoms with Crippen LogP contribution in [0.5, 0.6) is 0 Å². The molecule has 0 spiro atoms. The van der Waals surface area contributed by atoms with Gasteiger partial charge in [0.25, 0.3) is 0 Å². The standard InChI is InChI=1S/C4H4O.C3H7NO3/c1-2-4-5-3-1;4-2(1-5)3(6)7/h1-4H;2,5H,1,4H2,(H,6,7). The highest BCUT2D eigenvalue weighted by Crippen LogP contribution is 1.79. The minimum Gasteiger partial charge on any atom is -0.480 e. The van der Waals surface area contributed by atoms with Crippen LogP contribution < -0.4 is 5.73 Å². The van der Waals surface area contributed by atoms with E-state index in [1.807, 2.05) is 12.1 Å². The summed E-state index contributed by atoms with van der Waals surface area (Å²) in [6.07, 6.45) is 3.25. The molecule has 12 heavy (non-hydrogen) atoms. The van der Waals surface area contributed by atoms with Crippen LogP contribution in [0, 0.1) is 0 Å². The molecule has 0 aliphatic carbocycles. The first kappa shape index (κ1) is 10.7. The molecule has 5 nitrogen and oxygen atoms in total. The minimum atomic E-state index is -1.18. The van der Waals surface area contributed by atoms with E-state index < -0.39 is 18.6 Å². The van der Waals surface area contributed by atoms with E-state index in [4.69, 9.17) is 15.9 Å². The molecule has 1 rings (SSSR count). The maximum absolute atomic E-state index is 9.65. The number of hydrogen-bond acceptors (Lipinski definition) is 4. The SMILES string of the molecule is NC(CO)C(=O)O.c1ccoc1. The van der Waals surface area contributed by atoms with Crippen LogP contribution in [-0.2, 0) is 4.79 Å². The molecule has 68 valence electrons. The summed E-state index contributed by atoms with van der Waals surface area (Å²) in [6.45, 7) is -0.505. The fourth-order valence-corrected chi connectivity index (χ4v) is 0.305. The van der Waals surface area contributed by atoms with Gasteiger partial charge in [-0.1, -0.05) is 0 Å². The molecule has 0 aliphatic rings. The van der Waals surface area contributed by atoms with Gasteiger partial charge in [-0.15, -0.1) is 0 Å². The number of carboxylic acids is 1. The molecule has 1 heterocycles. The van der Waals surface area contributed by atoms with Gasteiger partial charge in [-0.05, 0) is 12.1 Å². The van der Waals surface area contributed by atoms with Crippen LogP contribution in [-0.4, -0.2) is 28.8 Å². The van der Waals surface area contributed by atoms with Gasteiger partial charge in [0.15, 0.2) is 0 Å². The third kappa shape index (κ3) is 5.45. The lowest BCUT2D eigenvalue weighted by Crippen LogP contribution is -2.33. The van der Waals surface area contributed by atoms with Gasteiger partial charge in [-0.3, -0.25) is 4.79 Å². The molecule has 0 saturated carbocycles. The molecule has 1 aromatic heterocycles. The van der Waals surface area contributed by atoms with E-state index in [0.29, 0.717) is 0 Å². The lowest BCUT2D eigenvalue weighted by Gasteiger charge is -1.96. The third-order valence-corrected chi connectivity index (χ3v) is 0.939. The lowest BCUT2D eigenvalue weighted by molar-refractivity contribution is -0.139. The van der Waals surface area contributed by atoms with Gasteiger partial charge in [0.1, 0.15) is 6.04 Å². The molecule has 0 aliphatic heterocycles. The Balaban J connectivity index is 0.000000211. The molecule has 4 N–H and O–H groups in total. The lowest BCUT2D eigenvalue weighted by atomic mass is 10.3. The summed E-state index contributed by atoms with van der Waals surface area (Å²) in [7, 11) is 0. The number of carbonyl (C=O) groups is 1. The van der Waals surface area contributed by atoms with Crippen molar-refractivity contribution in [2.75, 3.05) is 6.61 Å². The second-order valence-electron chi connectivity index (χ2n) is 1.92. The molecule has 0 saturated heterocycles. The second kappa shape index (κ2) is 6.38. The summed E-state index contributed by atoms with van der Waals surface area (Å²) < 4.78 is 4.58. The highest BCUT2D eigenvalue weighted by Gasteiger charge is 2.06. The van der Waals surface area contributed by atoms with Crippen LogP contribution in [0.15, 0.2) is 29.1 Å². The number of aliphatic hydroxyl groups excluding tert-OH is 1. The molecular weight excluding hydrogens is 162 g/mol. The van der Waals surface area contributed by atoms with E-state index in [1.165, 1.54) is 0 Å². The van der Waals surface area contributed by atoms with Gasteiger partial charge in [0.05, 0.1) is 19.1 Å². The maximum atomic E-state index is 9.65. The quantitative estimate of drug-likeness (QED) is 0.569. The largest absolute Gasteiger partial charge is 0.480 e. The van der Waals surface area contributed by atoms with Crippen molar-refractivity contribution in [2.24, 2.45) is 5.73 Å². The monoisotopic (exact) mass is 173 g/mol. The first-order chi connectivity index (χ1) is 5.68. The van der Waals surface area contributed by atoms with Crippen molar-refractivity contribution in [3.05, 3.63) is 24.7 Å². The van der Waals surface area contributed by atoms with Gasteiger partial charge in [-0.2, -0.15) is 0 Å². The van der Waals surface area contributed by atoms with E-state index in [9.17, 15) is 4.79 Å². The normalized spacial score (nSPS) is 11.2. The van der Waals surface area contributed by atoms with Crippen molar-refractivity contribution in [3.8, 4) is 0 Å². The van der Waals surface area contributed by atoms with E-state index in [2.05, 4.69) is 4.42 Å². The molecule has 0 bridgehead atoms. The minimum absolute atomic E-state index is 0.505. The predicted molar refractivity (Wildman–Crippen MR) is 41.4 cm³/mol. The second-order valence-corrected chi connectivity index (χ2v) is 1.92. The summed E-state index contributed by atoms with van der Waals surface area (Å²) >= 11 is 0. The molecule has 1 aromatic rings. The number of furan rings is 1. The smallest absolute Gasteiger partial charge is 0.322 e. The van der Waals surface area contributed by atoms with Crippen LogP contribution in [0.1, 0.15) is 0 Å². The first-order valence-corrected chi connectivity index (χ1v) is 3.25. The van der Waals surface area contributed by atoms with Crippen molar-refractivity contribution in [3.63, 3.8) is 0 Å². The van der Waals surface area contributed by atoms with Crippen LogP contribution in [0.3, 0.4) is 0 Å². The van der Waals surface area contributed by atoms with Crippen molar-refractivity contribution in [1.82, 2.24) is 0 Å². The Hall–Kier alpha value is -1.33. The number of rotatable bonds is 2. The molecule has 0 amide bonds. The van der Waals surface area contributed by atoms with Gasteiger partial charge < -0.3 is 20.4 Å². The summed E-state index contributed by atoms with van der Waals surface area (Å²) in [6, 6.07) is 2.54. The fraction of sp³-hybridized carbons (Fsp3) is 0.286. The maximum Gasteiger partial charge on any atom is 0.322 e. The Kier molecular flexibility index (Phi) is 5.68. The molecule has 0 radical (unpaired) electrons. The number of nitrogens with two attached hydrogens (primary N) is 1. The zero-order chi connectivity index (χ0) is 9.40. The molecular formula is C7H11NO4. The van der Waals surface area contributed by atoms with Gasteiger partial charge >= 0.3 is 5.97 Å². The van der Waals surface area contributed by atoms with Gasteiger partial charge in [-0.25, -0.2) is 0 Å². The van der Waals surface area contributed by atoms with E-state index in [0.717, 1.165) is 0 Å². The molecule has 0 aromatic carbocycles. The Morgan fingerprint density at radius 1 is 1.50 bits per heavy atom. The average Bonchev–Trinajstić information content (AvgIpc) is 2.59. The summed E-state index contributed by atoms with van der Waals surface area (Å²) in [4.78, 5) is 9.65. The zero-order valence-corrected chi connectivity index (χ0v) is 6.38. The number of aliphatic hydroxyl groups is 1. The van der Waals surface area contributed by atoms with Gasteiger partial charge in [0.2, 0.25) is 0 Å². The zero-order valence-electron chi connectivity index (χ0n) is 6.38. The van der Waals surface area contributed by atoms with Gasteiger partial charge in [0, 0.05) is 0 Å². The number of hydrogen-bond donors (Lipinski definition) is 3. The van der Waals surface area contributed by atoms with E-state index in [1.54, 1.807) is 12.5 Å². The van der Waals surface area contributed by atoms with Crippen LogP contribution in [0.25, 0.3) is 0 Å². The third-order valence-electron chi connectivity index (χ3n) is 0.939. The topological polar surface area (TPSA) is 96.7 Å². The Bertz CT molecular complexity index is 180. The highest BCUT2D eigenvalue weighted by atomic mass is 16.4. The summed E-state index contributed by atoms with van der Waals surface area (Å²) in [5, 5.41) is 15.9. The molecule has 1 unspecified atom stereocenters. The van der Waals surface area contributed by atoms with Crippen LogP contribution in [0.2, 0.25) is 0 Å². The highest BCUT2D eigenvalue weighted by molar-refractivity contribution is 5.73. The Labute approximate surface area is 69.4 Å². The van der Waals surface area contributed by atoms with Crippen LogP contribution >= 0.6 is 0 Å². The molecule has 5 heteroatoms. The average molecular weight is 173 g/mol. The van der Waals surface area contributed by atoms with E-state index >= 15 is 0 Å². The Morgan fingerprint density at radius 3 is 2.08 bits per heavy atom. The first-order valence-electron chi connectivity index (χ1n) is 3.25. The van der Waals surface area contributed by atoms with Crippen molar-refractivity contribution in [2.45, 2.75) is 6.04 Å². The van der Waals surface area contributed by atoms with E-state index in [-0.39, 0.29) is 0 Å². The number of aliphatic carboxylic acids is 1. The predicted octanol–water partition coefficient (Wildman–Crippen LogP) is -0.330. The fourth-order valence-electron chi connectivity index (χ4n) is 0.305. The summed E-state index contributed by atoms with van der Waals surface area (Å²) in [5.41, 5.74) is 4.77. The van der Waals surface area contributed by atoms with Crippen molar-refractivity contribution < 1.29 is 19.4 Å². The molecule has 0 fully saturated rings. The van der Waals surface area contributed by atoms with Crippen molar-refractivity contribution >= 4 is 5.97 Å².